The number of anilines is 1. The summed E-state index contributed by atoms with van der Waals surface area (Å²) < 4.78 is 0. The molecule has 0 radical (unpaired) electrons. The molecule has 0 bridgehead atoms. The van der Waals surface area contributed by atoms with Gasteiger partial charge in [-0.3, -0.25) is 0 Å². The van der Waals surface area contributed by atoms with E-state index in [0.717, 1.165) is 28.5 Å². The Morgan fingerprint density at radius 3 is 2.82 bits per heavy atom. The van der Waals surface area contributed by atoms with Gasteiger partial charge in [0.2, 0.25) is 5.13 Å². The SMILES string of the molecule is CSC1CCCCN(c2nnc(C(C)C)s2)C1. The lowest BCUT2D eigenvalue weighted by Gasteiger charge is -2.22. The molecule has 2 heterocycles. The average molecular weight is 271 g/mol. The second kappa shape index (κ2) is 6.05. The zero-order valence-electron chi connectivity index (χ0n) is 10.8. The molecule has 1 aromatic rings. The molecular weight excluding hydrogens is 250 g/mol. The fourth-order valence-electron chi connectivity index (χ4n) is 2.06. The zero-order chi connectivity index (χ0) is 12.3. The van der Waals surface area contributed by atoms with E-state index < -0.39 is 0 Å². The topological polar surface area (TPSA) is 29.0 Å². The Hall–Kier alpha value is -0.290. The quantitative estimate of drug-likeness (QED) is 0.843. The van der Waals surface area contributed by atoms with Gasteiger partial charge in [-0.1, -0.05) is 31.6 Å². The highest BCUT2D eigenvalue weighted by atomic mass is 32.2. The Bertz CT molecular complexity index is 351. The molecule has 5 heteroatoms. The van der Waals surface area contributed by atoms with Gasteiger partial charge in [-0.15, -0.1) is 10.2 Å². The molecule has 0 N–H and O–H groups in total. The van der Waals surface area contributed by atoms with E-state index in [1.54, 1.807) is 11.3 Å². The maximum absolute atomic E-state index is 4.36. The van der Waals surface area contributed by atoms with Gasteiger partial charge in [0.1, 0.15) is 5.01 Å². The van der Waals surface area contributed by atoms with Crippen molar-refractivity contribution in [3.05, 3.63) is 5.01 Å². The van der Waals surface area contributed by atoms with E-state index in [1.165, 1.54) is 19.3 Å². The minimum atomic E-state index is 0.490. The predicted octanol–water partition coefficient (Wildman–Crippen LogP) is 3.38. The third-order valence-electron chi connectivity index (χ3n) is 3.16. The molecule has 0 saturated carbocycles. The minimum absolute atomic E-state index is 0.490. The van der Waals surface area contributed by atoms with Gasteiger partial charge in [-0.2, -0.15) is 11.8 Å². The van der Waals surface area contributed by atoms with Gasteiger partial charge in [0.25, 0.3) is 0 Å². The van der Waals surface area contributed by atoms with Crippen LogP contribution >= 0.6 is 23.1 Å². The third-order valence-corrected chi connectivity index (χ3v) is 5.49. The fraction of sp³-hybridized carbons (Fsp3) is 0.833. The number of hydrogen-bond donors (Lipinski definition) is 0. The Morgan fingerprint density at radius 2 is 2.18 bits per heavy atom. The van der Waals surface area contributed by atoms with Crippen molar-refractivity contribution in [2.24, 2.45) is 0 Å². The molecule has 1 fully saturated rings. The Kier molecular flexibility index (Phi) is 4.68. The van der Waals surface area contributed by atoms with Gasteiger partial charge < -0.3 is 4.90 Å². The molecule has 2 rings (SSSR count). The summed E-state index contributed by atoms with van der Waals surface area (Å²) in [6, 6.07) is 0. The van der Waals surface area contributed by atoms with Crippen molar-refractivity contribution in [2.45, 2.75) is 44.3 Å². The number of hydrogen-bond acceptors (Lipinski definition) is 5. The van der Waals surface area contributed by atoms with E-state index in [0.29, 0.717) is 5.92 Å². The van der Waals surface area contributed by atoms with Crippen LogP contribution in [0.15, 0.2) is 0 Å². The van der Waals surface area contributed by atoms with E-state index in [9.17, 15) is 0 Å². The monoisotopic (exact) mass is 271 g/mol. The van der Waals surface area contributed by atoms with Crippen LogP contribution in [-0.4, -0.2) is 34.8 Å². The van der Waals surface area contributed by atoms with Crippen molar-refractivity contribution in [3.8, 4) is 0 Å². The van der Waals surface area contributed by atoms with Crippen LogP contribution < -0.4 is 4.90 Å². The number of rotatable bonds is 3. The highest BCUT2D eigenvalue weighted by molar-refractivity contribution is 7.99. The van der Waals surface area contributed by atoms with Gasteiger partial charge in [0.05, 0.1) is 0 Å². The summed E-state index contributed by atoms with van der Waals surface area (Å²) in [4.78, 5) is 2.43. The molecular formula is C12H21N3S2. The maximum atomic E-state index is 4.36. The minimum Gasteiger partial charge on any atom is -0.346 e. The molecule has 1 aliphatic heterocycles. The van der Waals surface area contributed by atoms with Gasteiger partial charge in [-0.25, -0.2) is 0 Å². The van der Waals surface area contributed by atoms with Crippen LogP contribution in [-0.2, 0) is 0 Å². The van der Waals surface area contributed by atoms with E-state index in [-0.39, 0.29) is 0 Å². The predicted molar refractivity (Wildman–Crippen MR) is 77.4 cm³/mol. The fourth-order valence-corrected chi connectivity index (χ4v) is 3.67. The standard InChI is InChI=1S/C12H21N3S2/c1-9(2)11-13-14-12(17-11)15-7-5-4-6-10(8-15)16-3/h9-10H,4-8H2,1-3H3. The molecule has 1 unspecified atom stereocenters. The first-order valence-electron chi connectivity index (χ1n) is 6.32. The Morgan fingerprint density at radius 1 is 1.35 bits per heavy atom. The molecule has 3 nitrogen and oxygen atoms in total. The first kappa shape index (κ1) is 13.1. The van der Waals surface area contributed by atoms with Crippen molar-refractivity contribution in [3.63, 3.8) is 0 Å². The summed E-state index contributed by atoms with van der Waals surface area (Å²) in [6.07, 6.45) is 6.19. The Balaban J connectivity index is 2.08. The molecule has 0 amide bonds. The van der Waals surface area contributed by atoms with Crippen LogP contribution in [0.25, 0.3) is 0 Å². The summed E-state index contributed by atoms with van der Waals surface area (Å²) in [5.41, 5.74) is 0. The summed E-state index contributed by atoms with van der Waals surface area (Å²) >= 11 is 3.75. The van der Waals surface area contributed by atoms with Crippen LogP contribution in [0.5, 0.6) is 0 Å². The second-order valence-corrected chi connectivity index (χ2v) is 7.00. The van der Waals surface area contributed by atoms with Crippen molar-refractivity contribution in [2.75, 3.05) is 24.2 Å². The van der Waals surface area contributed by atoms with Crippen molar-refractivity contribution >= 4 is 28.2 Å². The van der Waals surface area contributed by atoms with Gasteiger partial charge in [0, 0.05) is 24.3 Å². The highest BCUT2D eigenvalue weighted by Crippen LogP contribution is 2.29. The van der Waals surface area contributed by atoms with E-state index in [2.05, 4.69) is 35.2 Å². The van der Waals surface area contributed by atoms with Crippen LogP contribution in [0.3, 0.4) is 0 Å². The molecule has 1 aliphatic rings. The molecule has 96 valence electrons. The molecule has 17 heavy (non-hydrogen) atoms. The highest BCUT2D eigenvalue weighted by Gasteiger charge is 2.20. The number of aromatic nitrogens is 2. The van der Waals surface area contributed by atoms with Crippen molar-refractivity contribution in [1.29, 1.82) is 0 Å². The summed E-state index contributed by atoms with van der Waals surface area (Å²) in [6.45, 7) is 6.63. The van der Waals surface area contributed by atoms with E-state index in [4.69, 9.17) is 0 Å². The maximum Gasteiger partial charge on any atom is 0.208 e. The second-order valence-electron chi connectivity index (χ2n) is 4.88. The summed E-state index contributed by atoms with van der Waals surface area (Å²) in [7, 11) is 0. The van der Waals surface area contributed by atoms with Gasteiger partial charge in [-0.05, 0) is 19.1 Å². The summed E-state index contributed by atoms with van der Waals surface area (Å²) in [5.74, 6) is 0.490. The lowest BCUT2D eigenvalue weighted by atomic mass is 10.2. The Labute approximate surface area is 112 Å². The molecule has 1 atom stereocenters. The molecule has 1 saturated heterocycles. The lowest BCUT2D eigenvalue weighted by molar-refractivity contribution is 0.736. The van der Waals surface area contributed by atoms with Gasteiger partial charge in [0.15, 0.2) is 0 Å². The molecule has 0 aliphatic carbocycles. The van der Waals surface area contributed by atoms with E-state index >= 15 is 0 Å². The van der Waals surface area contributed by atoms with Crippen LogP contribution in [0.4, 0.5) is 5.13 Å². The third kappa shape index (κ3) is 3.35. The zero-order valence-corrected chi connectivity index (χ0v) is 12.5. The molecule has 1 aromatic heterocycles. The molecule has 0 spiro atoms. The van der Waals surface area contributed by atoms with Crippen LogP contribution in [0.1, 0.15) is 44.0 Å². The average Bonchev–Trinajstić information content (AvgIpc) is 2.69. The van der Waals surface area contributed by atoms with Crippen LogP contribution in [0, 0.1) is 0 Å². The first-order chi connectivity index (χ1) is 8.20. The van der Waals surface area contributed by atoms with E-state index in [1.807, 2.05) is 11.8 Å². The first-order valence-corrected chi connectivity index (χ1v) is 8.42. The lowest BCUT2D eigenvalue weighted by Crippen LogP contribution is -2.29. The largest absolute Gasteiger partial charge is 0.346 e. The summed E-state index contributed by atoms with van der Waals surface area (Å²) in [5, 5.41) is 11.7. The number of thioether (sulfide) groups is 1. The van der Waals surface area contributed by atoms with Crippen molar-refractivity contribution < 1.29 is 0 Å². The normalized spacial score (nSPS) is 21.9. The smallest absolute Gasteiger partial charge is 0.208 e. The molecule has 0 aromatic carbocycles. The van der Waals surface area contributed by atoms with Crippen LogP contribution in [0.2, 0.25) is 0 Å². The van der Waals surface area contributed by atoms with Crippen molar-refractivity contribution in [1.82, 2.24) is 10.2 Å². The number of nitrogens with zero attached hydrogens (tertiary/aromatic N) is 3. The van der Waals surface area contributed by atoms with Gasteiger partial charge >= 0.3 is 0 Å².